The van der Waals surface area contributed by atoms with Gasteiger partial charge in [-0.05, 0) is 63.1 Å². The van der Waals surface area contributed by atoms with Gasteiger partial charge in [-0.15, -0.1) is 0 Å². The molecule has 3 atom stereocenters. The van der Waals surface area contributed by atoms with E-state index in [0.717, 1.165) is 17.7 Å². The second kappa shape index (κ2) is 9.23. The summed E-state index contributed by atoms with van der Waals surface area (Å²) in [6.45, 7) is 8.49. The highest BCUT2D eigenvalue weighted by molar-refractivity contribution is 5.91. The van der Waals surface area contributed by atoms with E-state index in [1.54, 1.807) is 16.9 Å². The second-order valence-corrected chi connectivity index (χ2v) is 10.5. The van der Waals surface area contributed by atoms with Gasteiger partial charge in [-0.3, -0.25) is 9.59 Å². The van der Waals surface area contributed by atoms with Crippen molar-refractivity contribution >= 4 is 17.9 Å². The van der Waals surface area contributed by atoms with Crippen LogP contribution in [0.3, 0.4) is 0 Å². The Morgan fingerprint density at radius 1 is 1.00 bits per heavy atom. The van der Waals surface area contributed by atoms with Crippen molar-refractivity contribution in [1.29, 1.82) is 0 Å². The van der Waals surface area contributed by atoms with Gasteiger partial charge in [0.1, 0.15) is 17.4 Å². The maximum absolute atomic E-state index is 13.5. The van der Waals surface area contributed by atoms with E-state index >= 15 is 0 Å². The first-order valence-corrected chi connectivity index (χ1v) is 11.8. The summed E-state index contributed by atoms with van der Waals surface area (Å²) in [6.07, 6.45) is 1.70. The third kappa shape index (κ3) is 5.42. The van der Waals surface area contributed by atoms with Gasteiger partial charge in [-0.2, -0.15) is 0 Å². The number of likely N-dealkylation sites (tertiary alicyclic amines) is 3. The summed E-state index contributed by atoms with van der Waals surface area (Å²) >= 11 is 0. The zero-order valence-electron chi connectivity index (χ0n) is 20.1. The number of carbonyl (C=O) groups is 3. The zero-order chi connectivity index (χ0) is 23.8. The number of piperidine rings is 2. The molecule has 33 heavy (non-hydrogen) atoms. The van der Waals surface area contributed by atoms with E-state index in [1.807, 2.05) is 49.9 Å². The van der Waals surface area contributed by atoms with Crippen molar-refractivity contribution in [2.24, 2.45) is 11.8 Å². The number of nitrogens with zero attached hydrogens (tertiary/aromatic N) is 3. The maximum Gasteiger partial charge on any atom is 0.410 e. The Morgan fingerprint density at radius 3 is 2.18 bits per heavy atom. The molecule has 3 aliphatic heterocycles. The number of hydrogen-bond acceptors (Lipinski definition) is 5. The van der Waals surface area contributed by atoms with Crippen molar-refractivity contribution in [3.8, 4) is 5.75 Å². The Morgan fingerprint density at radius 2 is 1.61 bits per heavy atom. The van der Waals surface area contributed by atoms with Crippen LogP contribution in [0.2, 0.25) is 0 Å². The van der Waals surface area contributed by atoms with Crippen molar-refractivity contribution in [3.05, 3.63) is 29.8 Å². The lowest BCUT2D eigenvalue weighted by Gasteiger charge is -2.46. The van der Waals surface area contributed by atoms with E-state index in [-0.39, 0.29) is 29.7 Å². The van der Waals surface area contributed by atoms with E-state index in [2.05, 4.69) is 0 Å². The Labute approximate surface area is 195 Å². The van der Waals surface area contributed by atoms with E-state index in [9.17, 15) is 14.4 Å². The number of methoxy groups -OCH3 is 1. The highest BCUT2D eigenvalue weighted by Crippen LogP contribution is 2.32. The van der Waals surface area contributed by atoms with Crippen LogP contribution >= 0.6 is 0 Å². The summed E-state index contributed by atoms with van der Waals surface area (Å²) in [7, 11) is 1.62. The molecule has 3 amide bonds. The standard InChI is InChI=1S/C25H35N3O5/c1-25(2,3)33-24(31)27-14-18-11-19(15-27)13-26(12-18)23(30)21-9-10-22(29)28(21)16-17-5-7-20(32-4)8-6-17/h5-8,18-19,21H,9-16H2,1-4H3/t18?,19?,21-/m0/s1. The lowest BCUT2D eigenvalue weighted by molar-refractivity contribution is -0.145. The van der Waals surface area contributed by atoms with Gasteiger partial charge in [-0.1, -0.05) is 12.1 Å². The van der Waals surface area contributed by atoms with Crippen LogP contribution in [0.4, 0.5) is 4.79 Å². The molecule has 0 N–H and O–H groups in total. The minimum Gasteiger partial charge on any atom is -0.497 e. The van der Waals surface area contributed by atoms with Gasteiger partial charge in [0.25, 0.3) is 0 Å². The van der Waals surface area contributed by atoms with Gasteiger partial charge in [0, 0.05) is 39.1 Å². The van der Waals surface area contributed by atoms with Gasteiger partial charge in [-0.25, -0.2) is 4.79 Å². The fraction of sp³-hybridized carbons (Fsp3) is 0.640. The van der Waals surface area contributed by atoms with Crippen molar-refractivity contribution in [3.63, 3.8) is 0 Å². The topological polar surface area (TPSA) is 79.4 Å². The van der Waals surface area contributed by atoms with E-state index in [4.69, 9.17) is 9.47 Å². The van der Waals surface area contributed by atoms with Crippen molar-refractivity contribution < 1.29 is 23.9 Å². The van der Waals surface area contributed by atoms with E-state index in [0.29, 0.717) is 45.6 Å². The molecule has 2 bridgehead atoms. The minimum absolute atomic E-state index is 0.0254. The molecule has 1 aromatic carbocycles. The number of hydrogen-bond donors (Lipinski definition) is 0. The first-order chi connectivity index (χ1) is 15.6. The molecule has 3 aliphatic rings. The van der Waals surface area contributed by atoms with Crippen LogP contribution in [0.1, 0.15) is 45.6 Å². The molecule has 180 valence electrons. The molecule has 0 saturated carbocycles. The van der Waals surface area contributed by atoms with Gasteiger partial charge in [0.05, 0.1) is 7.11 Å². The van der Waals surface area contributed by atoms with Crippen LogP contribution in [0.15, 0.2) is 24.3 Å². The SMILES string of the molecule is COc1ccc(CN2C(=O)CC[C@H]2C(=O)N2CC3CC(CN(C(=O)OC(C)(C)C)C3)C2)cc1. The summed E-state index contributed by atoms with van der Waals surface area (Å²) in [5.41, 5.74) is 0.459. The fourth-order valence-corrected chi connectivity index (χ4v) is 5.26. The van der Waals surface area contributed by atoms with Crippen LogP contribution in [0.5, 0.6) is 5.75 Å². The summed E-state index contributed by atoms with van der Waals surface area (Å²) in [6, 6.07) is 7.19. The molecular weight excluding hydrogens is 422 g/mol. The minimum atomic E-state index is -0.520. The van der Waals surface area contributed by atoms with E-state index < -0.39 is 11.6 Å². The molecule has 2 unspecified atom stereocenters. The number of amides is 3. The molecule has 0 spiro atoms. The Kier molecular flexibility index (Phi) is 6.54. The first-order valence-electron chi connectivity index (χ1n) is 11.8. The molecule has 0 radical (unpaired) electrons. The average Bonchev–Trinajstić information content (AvgIpc) is 3.12. The lowest BCUT2D eigenvalue weighted by atomic mass is 9.84. The van der Waals surface area contributed by atoms with Gasteiger partial charge >= 0.3 is 6.09 Å². The Balaban J connectivity index is 1.39. The lowest BCUT2D eigenvalue weighted by Crippen LogP contribution is -2.58. The quantitative estimate of drug-likeness (QED) is 0.695. The highest BCUT2D eigenvalue weighted by atomic mass is 16.6. The molecule has 3 fully saturated rings. The van der Waals surface area contributed by atoms with Crippen LogP contribution in [0.25, 0.3) is 0 Å². The number of carbonyl (C=O) groups excluding carboxylic acids is 3. The van der Waals surface area contributed by atoms with Crippen LogP contribution in [-0.2, 0) is 20.9 Å². The summed E-state index contributed by atoms with van der Waals surface area (Å²) in [5.74, 6) is 1.30. The molecule has 8 heteroatoms. The number of benzene rings is 1. The average molecular weight is 458 g/mol. The van der Waals surface area contributed by atoms with Gasteiger partial charge < -0.3 is 24.2 Å². The monoisotopic (exact) mass is 457 g/mol. The molecule has 3 saturated heterocycles. The van der Waals surface area contributed by atoms with Crippen LogP contribution < -0.4 is 4.74 Å². The molecule has 8 nitrogen and oxygen atoms in total. The third-order valence-electron chi connectivity index (χ3n) is 6.67. The first kappa shape index (κ1) is 23.4. The van der Waals surface area contributed by atoms with Gasteiger partial charge in [0.15, 0.2) is 0 Å². The number of fused-ring (bicyclic) bond motifs is 2. The molecule has 0 aliphatic carbocycles. The third-order valence-corrected chi connectivity index (χ3v) is 6.67. The Hall–Kier alpha value is -2.77. The van der Waals surface area contributed by atoms with Crippen molar-refractivity contribution in [2.45, 2.75) is 58.2 Å². The summed E-state index contributed by atoms with van der Waals surface area (Å²) < 4.78 is 10.8. The number of rotatable bonds is 4. The van der Waals surface area contributed by atoms with Crippen molar-refractivity contribution in [2.75, 3.05) is 33.3 Å². The van der Waals surface area contributed by atoms with E-state index in [1.165, 1.54) is 0 Å². The molecular formula is C25H35N3O5. The molecule has 3 heterocycles. The normalized spacial score (nSPS) is 25.3. The predicted octanol–water partition coefficient (Wildman–Crippen LogP) is 2.90. The number of ether oxygens (including phenoxy) is 2. The smallest absolute Gasteiger partial charge is 0.410 e. The molecule has 0 aromatic heterocycles. The Bertz CT molecular complexity index is 880. The zero-order valence-corrected chi connectivity index (χ0v) is 20.1. The van der Waals surface area contributed by atoms with Crippen LogP contribution in [0, 0.1) is 11.8 Å². The second-order valence-electron chi connectivity index (χ2n) is 10.5. The summed E-state index contributed by atoms with van der Waals surface area (Å²) in [5, 5.41) is 0. The van der Waals surface area contributed by atoms with Gasteiger partial charge in [0.2, 0.25) is 11.8 Å². The highest BCUT2D eigenvalue weighted by Gasteiger charge is 2.43. The molecule has 1 aromatic rings. The molecule has 4 rings (SSSR count). The summed E-state index contributed by atoms with van der Waals surface area (Å²) in [4.78, 5) is 44.1. The maximum atomic E-state index is 13.5. The van der Waals surface area contributed by atoms with Crippen LogP contribution in [-0.4, -0.2) is 77.5 Å². The fourth-order valence-electron chi connectivity index (χ4n) is 5.26. The largest absolute Gasteiger partial charge is 0.497 e. The predicted molar refractivity (Wildman–Crippen MR) is 123 cm³/mol. The van der Waals surface area contributed by atoms with Crippen molar-refractivity contribution in [1.82, 2.24) is 14.7 Å².